The number of hydrogen-bond acceptors (Lipinski definition) is 6. The van der Waals surface area contributed by atoms with Crippen molar-refractivity contribution < 1.29 is 29.1 Å². The summed E-state index contributed by atoms with van der Waals surface area (Å²) in [5.74, 6) is -2.79. The molecule has 3 rings (SSSR count). The van der Waals surface area contributed by atoms with Crippen molar-refractivity contribution in [3.8, 4) is 0 Å². The first-order chi connectivity index (χ1) is 19.4. The topological polar surface area (TPSA) is 162 Å². The summed E-state index contributed by atoms with van der Waals surface area (Å²) < 4.78 is 0. The summed E-state index contributed by atoms with van der Waals surface area (Å²) in [5, 5.41) is 15.0. The minimum Gasteiger partial charge on any atom is -0.480 e. The van der Waals surface area contributed by atoms with Gasteiger partial charge in [-0.15, -0.1) is 0 Å². The number of nitrogens with one attached hydrogen (secondary N) is 2. The summed E-state index contributed by atoms with van der Waals surface area (Å²) in [4.78, 5) is 68.4. The maximum atomic E-state index is 13.7. The molecule has 0 unspecified atom stereocenters. The summed E-state index contributed by atoms with van der Waals surface area (Å²) in [6.45, 7) is 8.27. The molecule has 2 saturated heterocycles. The van der Waals surface area contributed by atoms with Crippen molar-refractivity contribution in [2.24, 2.45) is 17.6 Å². The van der Waals surface area contributed by atoms with E-state index in [2.05, 4.69) is 10.6 Å². The van der Waals surface area contributed by atoms with Crippen LogP contribution in [0.4, 0.5) is 0 Å². The van der Waals surface area contributed by atoms with Crippen molar-refractivity contribution in [2.75, 3.05) is 13.1 Å². The molecule has 0 spiro atoms. The zero-order chi connectivity index (χ0) is 30.3. The molecule has 11 nitrogen and oxygen atoms in total. The van der Waals surface area contributed by atoms with Gasteiger partial charge in [0.1, 0.15) is 24.2 Å². The van der Waals surface area contributed by atoms with Gasteiger partial charge in [0.15, 0.2) is 0 Å². The lowest BCUT2D eigenvalue weighted by molar-refractivity contribution is -0.147. The third kappa shape index (κ3) is 8.28. The van der Waals surface area contributed by atoms with E-state index in [1.54, 1.807) is 4.90 Å². The van der Waals surface area contributed by atoms with E-state index in [9.17, 15) is 29.1 Å². The Morgan fingerprint density at radius 1 is 0.902 bits per heavy atom. The van der Waals surface area contributed by atoms with E-state index in [1.807, 2.05) is 58.0 Å². The summed E-state index contributed by atoms with van der Waals surface area (Å²) >= 11 is 0. The van der Waals surface area contributed by atoms with Gasteiger partial charge >= 0.3 is 5.97 Å². The molecule has 0 aromatic heterocycles. The number of aliphatic carboxylic acids is 1. The number of nitrogens with two attached hydrogens (primary N) is 1. The van der Waals surface area contributed by atoms with Gasteiger partial charge in [-0.1, -0.05) is 58.0 Å². The molecule has 0 radical (unpaired) electrons. The molecule has 0 saturated carbocycles. The first kappa shape index (κ1) is 32.0. The lowest BCUT2D eigenvalue weighted by Crippen LogP contribution is -2.58. The highest BCUT2D eigenvalue weighted by Crippen LogP contribution is 2.26. The maximum absolute atomic E-state index is 13.7. The standard InChI is InChI=1S/C30H45N5O6/c1-18(2)16-22(30(40)41)33-26(36)21(17-20-10-6-5-7-11-20)32-27(37)23-12-8-14-34(23)28(38)24-13-9-15-35(24)29(39)25(31)19(3)4/h5-7,10-11,18-19,21-25H,8-9,12-17,31H2,1-4H3,(H,32,37)(H,33,36)(H,40,41)/t21-,22-,23-,24-,25-/m0/s1. The Morgan fingerprint density at radius 3 is 2.10 bits per heavy atom. The van der Waals surface area contributed by atoms with E-state index < -0.39 is 48.0 Å². The Bertz CT molecular complexity index is 1090. The number of benzene rings is 1. The van der Waals surface area contributed by atoms with Gasteiger partial charge in [0.05, 0.1) is 6.04 Å². The summed E-state index contributed by atoms with van der Waals surface area (Å²) in [7, 11) is 0. The van der Waals surface area contributed by atoms with E-state index in [0.29, 0.717) is 38.8 Å². The van der Waals surface area contributed by atoms with Crippen molar-refractivity contribution in [1.29, 1.82) is 0 Å². The molecular formula is C30H45N5O6. The monoisotopic (exact) mass is 571 g/mol. The van der Waals surface area contributed by atoms with E-state index in [-0.39, 0.29) is 36.5 Å². The van der Waals surface area contributed by atoms with E-state index in [4.69, 9.17) is 5.73 Å². The molecule has 41 heavy (non-hydrogen) atoms. The number of carboxylic acids is 1. The van der Waals surface area contributed by atoms with Gasteiger partial charge in [-0.3, -0.25) is 19.2 Å². The Morgan fingerprint density at radius 2 is 1.51 bits per heavy atom. The normalized spacial score (nSPS) is 21.0. The van der Waals surface area contributed by atoms with Crippen LogP contribution in [0.1, 0.15) is 65.4 Å². The lowest BCUT2D eigenvalue weighted by Gasteiger charge is -2.33. The van der Waals surface area contributed by atoms with E-state index >= 15 is 0 Å². The Balaban J connectivity index is 1.76. The zero-order valence-corrected chi connectivity index (χ0v) is 24.5. The fourth-order valence-corrected chi connectivity index (χ4v) is 5.55. The Labute approximate surface area is 242 Å². The first-order valence-corrected chi connectivity index (χ1v) is 14.6. The van der Waals surface area contributed by atoms with Crippen molar-refractivity contribution in [3.63, 3.8) is 0 Å². The highest BCUT2D eigenvalue weighted by atomic mass is 16.4. The molecule has 4 amide bonds. The molecule has 2 heterocycles. The number of carbonyl (C=O) groups is 5. The second-order valence-electron chi connectivity index (χ2n) is 11.9. The molecule has 1 aromatic rings. The SMILES string of the molecule is CC(C)C[C@H](NC(=O)[C@H](Cc1ccccc1)NC(=O)[C@@H]1CCCN1C(=O)[C@@H]1CCCN1C(=O)[C@@H](N)C(C)C)C(=O)O. The van der Waals surface area contributed by atoms with Gasteiger partial charge in [0, 0.05) is 19.5 Å². The Hall–Kier alpha value is -3.47. The molecule has 5 atom stereocenters. The fraction of sp³-hybridized carbons (Fsp3) is 0.633. The molecule has 0 aliphatic carbocycles. The quantitative estimate of drug-likeness (QED) is 0.294. The van der Waals surface area contributed by atoms with Gasteiger partial charge in [-0.25, -0.2) is 4.79 Å². The van der Waals surface area contributed by atoms with Crippen LogP contribution in [0.2, 0.25) is 0 Å². The summed E-state index contributed by atoms with van der Waals surface area (Å²) in [5.41, 5.74) is 6.90. The summed E-state index contributed by atoms with van der Waals surface area (Å²) in [6, 6.07) is 4.84. The van der Waals surface area contributed by atoms with Crippen molar-refractivity contribution in [2.45, 2.75) is 96.4 Å². The number of hydrogen-bond donors (Lipinski definition) is 4. The largest absolute Gasteiger partial charge is 0.480 e. The smallest absolute Gasteiger partial charge is 0.326 e. The van der Waals surface area contributed by atoms with Crippen LogP contribution in [0, 0.1) is 11.8 Å². The van der Waals surface area contributed by atoms with Crippen LogP contribution in [0.15, 0.2) is 30.3 Å². The third-order valence-electron chi connectivity index (χ3n) is 7.90. The van der Waals surface area contributed by atoms with Gasteiger partial charge in [0.25, 0.3) is 0 Å². The minimum atomic E-state index is -1.14. The maximum Gasteiger partial charge on any atom is 0.326 e. The van der Waals surface area contributed by atoms with E-state index in [0.717, 1.165) is 5.56 Å². The number of carbonyl (C=O) groups excluding carboxylic acids is 4. The molecule has 2 fully saturated rings. The number of nitrogens with zero attached hydrogens (tertiary/aromatic N) is 2. The number of amides is 4. The minimum absolute atomic E-state index is 0.0359. The van der Waals surface area contributed by atoms with Crippen molar-refractivity contribution in [3.05, 3.63) is 35.9 Å². The predicted octanol–water partition coefficient (Wildman–Crippen LogP) is 1.29. The van der Waals surface area contributed by atoms with Gasteiger partial charge in [-0.05, 0) is 49.5 Å². The molecule has 5 N–H and O–H groups in total. The molecule has 1 aromatic carbocycles. The van der Waals surface area contributed by atoms with Crippen molar-refractivity contribution >= 4 is 29.6 Å². The number of carboxylic acid groups (broad SMARTS) is 1. The van der Waals surface area contributed by atoms with Crippen molar-refractivity contribution in [1.82, 2.24) is 20.4 Å². The second kappa shape index (κ2) is 14.4. The molecule has 226 valence electrons. The van der Waals surface area contributed by atoms with Crippen LogP contribution in [-0.4, -0.2) is 87.8 Å². The summed E-state index contributed by atoms with van der Waals surface area (Å²) in [6.07, 6.45) is 2.62. The highest BCUT2D eigenvalue weighted by molar-refractivity contribution is 5.96. The highest BCUT2D eigenvalue weighted by Gasteiger charge is 2.43. The van der Waals surface area contributed by atoms with Gasteiger partial charge in [0.2, 0.25) is 23.6 Å². The second-order valence-corrected chi connectivity index (χ2v) is 11.9. The van der Waals surface area contributed by atoms with Crippen LogP contribution in [0.25, 0.3) is 0 Å². The molecule has 0 bridgehead atoms. The molecule has 2 aliphatic heterocycles. The van der Waals surface area contributed by atoms with Gasteiger partial charge < -0.3 is 31.3 Å². The van der Waals surface area contributed by atoms with Gasteiger partial charge in [-0.2, -0.15) is 0 Å². The van der Waals surface area contributed by atoms with Crippen LogP contribution < -0.4 is 16.4 Å². The zero-order valence-electron chi connectivity index (χ0n) is 24.5. The first-order valence-electron chi connectivity index (χ1n) is 14.6. The Kier molecular flexibility index (Phi) is 11.3. The van der Waals surface area contributed by atoms with Crippen LogP contribution >= 0.6 is 0 Å². The fourth-order valence-electron chi connectivity index (χ4n) is 5.55. The molecule has 2 aliphatic rings. The molecular weight excluding hydrogens is 526 g/mol. The van der Waals surface area contributed by atoms with Crippen LogP contribution in [0.3, 0.4) is 0 Å². The average molecular weight is 572 g/mol. The average Bonchev–Trinajstić information content (AvgIpc) is 3.62. The lowest BCUT2D eigenvalue weighted by atomic mass is 10.0. The van der Waals surface area contributed by atoms with Crippen LogP contribution in [0.5, 0.6) is 0 Å². The number of rotatable bonds is 12. The third-order valence-corrected chi connectivity index (χ3v) is 7.90. The number of likely N-dealkylation sites (tertiary alicyclic amines) is 2. The molecule has 11 heteroatoms. The van der Waals surface area contributed by atoms with Crippen LogP contribution in [-0.2, 0) is 30.4 Å². The van der Waals surface area contributed by atoms with E-state index in [1.165, 1.54) is 4.90 Å². The predicted molar refractivity (Wildman–Crippen MR) is 153 cm³/mol.